The first-order chi connectivity index (χ1) is 15.7. The molecule has 0 aliphatic heterocycles. The molecule has 0 saturated heterocycles. The molecule has 7 nitrogen and oxygen atoms in total. The zero-order valence-electron chi connectivity index (χ0n) is 19.1. The molecule has 4 rings (SSSR count). The maximum atomic E-state index is 12.5. The van der Waals surface area contributed by atoms with Crippen LogP contribution in [0.1, 0.15) is 31.1 Å². The van der Waals surface area contributed by atoms with Crippen LogP contribution in [0.5, 0.6) is 0 Å². The molecule has 2 heterocycles. The predicted octanol–water partition coefficient (Wildman–Crippen LogP) is 5.62. The van der Waals surface area contributed by atoms with Crippen LogP contribution >= 0.6 is 0 Å². The number of ether oxygens (including phenoxy) is 1. The molecule has 0 spiro atoms. The second-order valence-corrected chi connectivity index (χ2v) is 8.70. The van der Waals surface area contributed by atoms with Crippen molar-refractivity contribution in [1.82, 2.24) is 9.38 Å². The highest BCUT2D eigenvalue weighted by atomic mass is 16.6. The number of aromatic nitrogens is 2. The summed E-state index contributed by atoms with van der Waals surface area (Å²) in [6.45, 7) is 5.50. The number of pyridine rings is 1. The second-order valence-electron chi connectivity index (χ2n) is 8.70. The summed E-state index contributed by atoms with van der Waals surface area (Å²) >= 11 is 0. The van der Waals surface area contributed by atoms with Gasteiger partial charge in [0.1, 0.15) is 11.2 Å². The Morgan fingerprint density at radius 2 is 1.76 bits per heavy atom. The molecule has 168 valence electrons. The van der Waals surface area contributed by atoms with Gasteiger partial charge in [-0.05, 0) is 57.2 Å². The van der Waals surface area contributed by atoms with Crippen molar-refractivity contribution in [2.24, 2.45) is 0 Å². The van der Waals surface area contributed by atoms with Gasteiger partial charge in [-0.1, -0.05) is 30.3 Å². The highest BCUT2D eigenvalue weighted by molar-refractivity contribution is 6.04. The number of hydrogen-bond donors (Lipinski definition) is 1. The van der Waals surface area contributed by atoms with Crippen molar-refractivity contribution in [3.05, 3.63) is 84.7 Å². The van der Waals surface area contributed by atoms with Gasteiger partial charge in [0.25, 0.3) is 5.91 Å². The van der Waals surface area contributed by atoms with Gasteiger partial charge < -0.3 is 10.1 Å². The maximum absolute atomic E-state index is 12.5. The van der Waals surface area contributed by atoms with Crippen molar-refractivity contribution < 1.29 is 14.3 Å². The monoisotopic (exact) mass is 442 g/mol. The molecule has 33 heavy (non-hydrogen) atoms. The third kappa shape index (κ3) is 5.03. The number of nitrogens with zero attached hydrogens (tertiary/aromatic N) is 3. The van der Waals surface area contributed by atoms with E-state index in [-0.39, 0.29) is 5.91 Å². The summed E-state index contributed by atoms with van der Waals surface area (Å²) < 4.78 is 7.38. The fourth-order valence-electron chi connectivity index (χ4n) is 3.37. The number of anilines is 2. The zero-order valence-corrected chi connectivity index (χ0v) is 19.1. The summed E-state index contributed by atoms with van der Waals surface area (Å²) in [6.07, 6.45) is 3.18. The van der Waals surface area contributed by atoms with Gasteiger partial charge in [0, 0.05) is 30.1 Å². The van der Waals surface area contributed by atoms with Crippen LogP contribution in [-0.2, 0) is 4.74 Å². The van der Waals surface area contributed by atoms with E-state index in [0.29, 0.717) is 16.9 Å². The molecule has 1 N–H and O–H groups in total. The average Bonchev–Trinajstić information content (AvgIpc) is 3.21. The van der Waals surface area contributed by atoms with Gasteiger partial charge in [-0.2, -0.15) is 0 Å². The molecule has 7 heteroatoms. The lowest BCUT2D eigenvalue weighted by Gasteiger charge is -2.24. The van der Waals surface area contributed by atoms with Crippen molar-refractivity contribution >= 4 is 29.0 Å². The van der Waals surface area contributed by atoms with Crippen LogP contribution < -0.4 is 10.2 Å². The summed E-state index contributed by atoms with van der Waals surface area (Å²) in [5.41, 5.74) is 3.81. The van der Waals surface area contributed by atoms with E-state index in [2.05, 4.69) is 10.3 Å². The standard InChI is InChI=1S/C26H26N4O3/c1-26(2,3)33-25(32)29(4)21-13-14-23-27-16-22(30(23)17-21)19-11-8-12-20(15-19)28-24(31)18-9-6-5-7-10-18/h5-17H,1-4H3,(H,28,31). The Morgan fingerprint density at radius 3 is 2.48 bits per heavy atom. The van der Waals surface area contributed by atoms with E-state index in [1.807, 2.05) is 86.0 Å². The SMILES string of the molecule is CN(C(=O)OC(C)(C)C)c1ccc2ncc(-c3cccc(NC(=O)c4ccccc4)c3)n2c1. The molecule has 0 aliphatic carbocycles. The molecule has 0 fully saturated rings. The van der Waals surface area contributed by atoms with E-state index < -0.39 is 11.7 Å². The number of carbonyl (C=O) groups excluding carboxylic acids is 2. The van der Waals surface area contributed by atoms with Gasteiger partial charge in [-0.3, -0.25) is 14.1 Å². The number of rotatable bonds is 4. The summed E-state index contributed by atoms with van der Waals surface area (Å²) in [7, 11) is 1.67. The van der Waals surface area contributed by atoms with E-state index in [1.54, 1.807) is 25.4 Å². The lowest BCUT2D eigenvalue weighted by atomic mass is 10.1. The number of amides is 2. The molecular formula is C26H26N4O3. The Labute approximate surface area is 192 Å². The first-order valence-corrected chi connectivity index (χ1v) is 10.6. The number of imidazole rings is 1. The molecule has 0 bridgehead atoms. The first-order valence-electron chi connectivity index (χ1n) is 10.6. The number of hydrogen-bond acceptors (Lipinski definition) is 4. The van der Waals surface area contributed by atoms with Crippen LogP contribution in [0.15, 0.2) is 79.1 Å². The maximum Gasteiger partial charge on any atom is 0.414 e. The number of fused-ring (bicyclic) bond motifs is 1. The van der Waals surface area contributed by atoms with Crippen molar-refractivity contribution in [3.63, 3.8) is 0 Å². The lowest BCUT2D eigenvalue weighted by molar-refractivity contribution is 0.0589. The molecule has 0 unspecified atom stereocenters. The van der Waals surface area contributed by atoms with Crippen LogP contribution in [0.4, 0.5) is 16.2 Å². The van der Waals surface area contributed by atoms with Crippen molar-refractivity contribution in [1.29, 1.82) is 0 Å². The van der Waals surface area contributed by atoms with Gasteiger partial charge in [0.2, 0.25) is 0 Å². The van der Waals surface area contributed by atoms with Crippen molar-refractivity contribution in [3.8, 4) is 11.3 Å². The van der Waals surface area contributed by atoms with Crippen LogP contribution in [0, 0.1) is 0 Å². The van der Waals surface area contributed by atoms with Crippen LogP contribution in [0.2, 0.25) is 0 Å². The Bertz CT molecular complexity index is 1310. The normalized spacial score (nSPS) is 11.3. The highest BCUT2D eigenvalue weighted by Crippen LogP contribution is 2.26. The second kappa shape index (κ2) is 8.78. The van der Waals surface area contributed by atoms with E-state index in [9.17, 15) is 9.59 Å². The van der Waals surface area contributed by atoms with E-state index in [4.69, 9.17) is 4.74 Å². The average molecular weight is 443 g/mol. The Morgan fingerprint density at radius 1 is 1.00 bits per heavy atom. The molecule has 2 aromatic heterocycles. The lowest BCUT2D eigenvalue weighted by Crippen LogP contribution is -2.34. The third-order valence-corrected chi connectivity index (χ3v) is 5.00. The fourth-order valence-corrected chi connectivity index (χ4v) is 3.37. The molecular weight excluding hydrogens is 416 g/mol. The van der Waals surface area contributed by atoms with Gasteiger partial charge >= 0.3 is 6.09 Å². The van der Waals surface area contributed by atoms with Gasteiger partial charge in [-0.15, -0.1) is 0 Å². The minimum atomic E-state index is -0.583. The van der Waals surface area contributed by atoms with Crippen molar-refractivity contribution in [2.45, 2.75) is 26.4 Å². The third-order valence-electron chi connectivity index (χ3n) is 5.00. The molecule has 0 radical (unpaired) electrons. The van der Waals surface area contributed by atoms with E-state index >= 15 is 0 Å². The zero-order chi connectivity index (χ0) is 23.6. The highest BCUT2D eigenvalue weighted by Gasteiger charge is 2.21. The molecule has 0 saturated carbocycles. The molecule has 2 aromatic carbocycles. The first kappa shape index (κ1) is 22.1. The van der Waals surface area contributed by atoms with Crippen LogP contribution in [0.25, 0.3) is 16.9 Å². The van der Waals surface area contributed by atoms with Crippen molar-refractivity contribution in [2.75, 3.05) is 17.3 Å². The minimum absolute atomic E-state index is 0.174. The number of nitrogens with one attached hydrogen (secondary N) is 1. The largest absolute Gasteiger partial charge is 0.443 e. The summed E-state index contributed by atoms with van der Waals surface area (Å²) in [5.74, 6) is -0.174. The quantitative estimate of drug-likeness (QED) is 0.445. The van der Waals surface area contributed by atoms with Gasteiger partial charge in [-0.25, -0.2) is 9.78 Å². The summed E-state index contributed by atoms with van der Waals surface area (Å²) in [4.78, 5) is 31.0. The van der Waals surface area contributed by atoms with Crippen LogP contribution in [0.3, 0.4) is 0 Å². The Balaban J connectivity index is 1.62. The Kier molecular flexibility index (Phi) is 5.87. The van der Waals surface area contributed by atoms with E-state index in [1.165, 1.54) is 4.90 Å². The number of benzene rings is 2. The Hall–Kier alpha value is -4.13. The smallest absolute Gasteiger partial charge is 0.414 e. The molecule has 2 amide bonds. The summed E-state index contributed by atoms with van der Waals surface area (Å²) in [6, 6.07) is 20.3. The van der Waals surface area contributed by atoms with E-state index in [0.717, 1.165) is 16.9 Å². The van der Waals surface area contributed by atoms with Crippen LogP contribution in [-0.4, -0.2) is 34.0 Å². The predicted molar refractivity (Wildman–Crippen MR) is 130 cm³/mol. The molecule has 4 aromatic rings. The number of carbonyl (C=O) groups is 2. The molecule has 0 aliphatic rings. The molecule has 0 atom stereocenters. The van der Waals surface area contributed by atoms with Gasteiger partial charge in [0.05, 0.1) is 17.6 Å². The minimum Gasteiger partial charge on any atom is -0.443 e. The topological polar surface area (TPSA) is 75.9 Å². The summed E-state index contributed by atoms with van der Waals surface area (Å²) in [5, 5.41) is 2.94. The van der Waals surface area contributed by atoms with Gasteiger partial charge in [0.15, 0.2) is 0 Å². The fraction of sp³-hybridized carbons (Fsp3) is 0.192.